The van der Waals surface area contributed by atoms with Crippen molar-refractivity contribution in [2.45, 2.75) is 49.2 Å². The first-order valence-corrected chi connectivity index (χ1v) is 10.0. The predicted molar refractivity (Wildman–Crippen MR) is 89.9 cm³/mol. The van der Waals surface area contributed by atoms with Gasteiger partial charge in [0.2, 0.25) is 0 Å². The number of hydrogen-bond donors (Lipinski definition) is 3. The maximum atomic E-state index is 10.5. The van der Waals surface area contributed by atoms with Crippen LogP contribution in [0.25, 0.3) is 0 Å². The summed E-state index contributed by atoms with van der Waals surface area (Å²) in [6, 6.07) is 0. The molecular weight excluding hydrogens is 344 g/mol. The van der Waals surface area contributed by atoms with Crippen LogP contribution in [-0.2, 0) is 4.74 Å². The molecule has 3 N–H and O–H groups in total. The Balaban J connectivity index is 1.43. The van der Waals surface area contributed by atoms with Gasteiger partial charge in [0, 0.05) is 24.6 Å². The molecule has 5 heteroatoms. The third-order valence-corrected chi connectivity index (χ3v) is 7.53. The zero-order chi connectivity index (χ0) is 15.1. The quantitative estimate of drug-likeness (QED) is 0.646. The molecular formula is C17H29BrN2O2. The summed E-state index contributed by atoms with van der Waals surface area (Å²) in [6.07, 6.45) is 6.11. The Morgan fingerprint density at radius 3 is 2.59 bits per heavy atom. The number of aliphatic hydroxyl groups excluding tert-OH is 1. The summed E-state index contributed by atoms with van der Waals surface area (Å²) in [5.74, 6) is 3.30. The van der Waals surface area contributed by atoms with Crippen molar-refractivity contribution >= 4 is 15.9 Å². The van der Waals surface area contributed by atoms with Crippen LogP contribution in [0, 0.1) is 29.6 Å². The van der Waals surface area contributed by atoms with Crippen LogP contribution in [0.15, 0.2) is 0 Å². The summed E-state index contributed by atoms with van der Waals surface area (Å²) in [6.45, 7) is 4.10. The Bertz CT molecular complexity index is 391. The summed E-state index contributed by atoms with van der Waals surface area (Å²) in [5, 5.41) is 17.9. The summed E-state index contributed by atoms with van der Waals surface area (Å²) < 4.78 is 5.63. The average Bonchev–Trinajstić information content (AvgIpc) is 3.17. The molecule has 3 saturated heterocycles. The zero-order valence-corrected chi connectivity index (χ0v) is 14.8. The number of ether oxygens (including phenoxy) is 1. The van der Waals surface area contributed by atoms with E-state index in [9.17, 15) is 5.11 Å². The largest absolute Gasteiger partial charge is 0.393 e. The number of piperidine rings is 1. The highest BCUT2D eigenvalue weighted by atomic mass is 79.9. The Kier molecular flexibility index (Phi) is 4.80. The molecule has 8 atom stereocenters. The van der Waals surface area contributed by atoms with Crippen molar-refractivity contribution in [1.29, 1.82) is 0 Å². The van der Waals surface area contributed by atoms with E-state index in [0.29, 0.717) is 28.7 Å². The first-order chi connectivity index (χ1) is 10.7. The molecule has 0 spiro atoms. The Morgan fingerprint density at radius 1 is 0.909 bits per heavy atom. The molecule has 126 valence electrons. The molecule has 8 unspecified atom stereocenters. The van der Waals surface area contributed by atoms with Gasteiger partial charge in [-0.3, -0.25) is 0 Å². The van der Waals surface area contributed by atoms with E-state index < -0.39 is 0 Å². The van der Waals surface area contributed by atoms with Gasteiger partial charge in [-0.1, -0.05) is 15.9 Å². The highest BCUT2D eigenvalue weighted by molar-refractivity contribution is 9.09. The number of alkyl halides is 1. The normalized spacial score (nSPS) is 52.6. The Labute approximate surface area is 141 Å². The monoisotopic (exact) mass is 372 g/mol. The van der Waals surface area contributed by atoms with Crippen molar-refractivity contribution in [3.05, 3.63) is 0 Å². The van der Waals surface area contributed by atoms with Crippen LogP contribution in [0.5, 0.6) is 0 Å². The SMILES string of the molecule is OC1CCC(Br)CC1C1CNC2NCC(C3CCOC3)C2C1. The summed E-state index contributed by atoms with van der Waals surface area (Å²) in [5.41, 5.74) is 0. The second-order valence-corrected chi connectivity index (χ2v) is 9.18. The van der Waals surface area contributed by atoms with Crippen molar-refractivity contribution in [3.63, 3.8) is 0 Å². The first kappa shape index (κ1) is 15.8. The predicted octanol–water partition coefficient (Wildman–Crippen LogP) is 1.72. The molecule has 0 amide bonds. The minimum absolute atomic E-state index is 0.0974. The standard InChI is InChI=1S/C17H29BrN2O2/c18-12-1-2-16(21)13(6-12)11-5-14-15(10-3-4-22-9-10)8-20-17(14)19-7-11/h10-17,19-21H,1-9H2. The second-order valence-electron chi connectivity index (χ2n) is 7.88. The molecule has 4 fully saturated rings. The van der Waals surface area contributed by atoms with Crippen molar-refractivity contribution in [2.75, 3.05) is 26.3 Å². The van der Waals surface area contributed by atoms with E-state index in [2.05, 4.69) is 26.6 Å². The molecule has 0 aromatic heterocycles. The fraction of sp³-hybridized carbons (Fsp3) is 1.00. The van der Waals surface area contributed by atoms with Crippen LogP contribution in [0.4, 0.5) is 0 Å². The van der Waals surface area contributed by atoms with Gasteiger partial charge in [0.1, 0.15) is 0 Å². The van der Waals surface area contributed by atoms with E-state index in [1.165, 1.54) is 12.8 Å². The maximum absolute atomic E-state index is 10.5. The van der Waals surface area contributed by atoms with Crippen LogP contribution >= 0.6 is 15.9 Å². The summed E-state index contributed by atoms with van der Waals surface area (Å²) >= 11 is 3.78. The van der Waals surface area contributed by atoms with Gasteiger partial charge in [0.25, 0.3) is 0 Å². The fourth-order valence-electron chi connectivity index (χ4n) is 5.43. The molecule has 0 aromatic carbocycles. The average molecular weight is 373 g/mol. The van der Waals surface area contributed by atoms with Gasteiger partial charge in [0.05, 0.1) is 12.3 Å². The van der Waals surface area contributed by atoms with Gasteiger partial charge in [-0.25, -0.2) is 0 Å². The third kappa shape index (κ3) is 3.00. The molecule has 0 radical (unpaired) electrons. The lowest BCUT2D eigenvalue weighted by molar-refractivity contribution is 0.0140. The van der Waals surface area contributed by atoms with E-state index >= 15 is 0 Å². The van der Waals surface area contributed by atoms with E-state index in [0.717, 1.165) is 57.4 Å². The molecule has 22 heavy (non-hydrogen) atoms. The van der Waals surface area contributed by atoms with Gasteiger partial charge in [-0.05, 0) is 68.2 Å². The maximum Gasteiger partial charge on any atom is 0.0604 e. The van der Waals surface area contributed by atoms with Crippen molar-refractivity contribution in [2.24, 2.45) is 29.6 Å². The van der Waals surface area contributed by atoms with Crippen molar-refractivity contribution < 1.29 is 9.84 Å². The molecule has 3 aliphatic heterocycles. The smallest absolute Gasteiger partial charge is 0.0604 e. The molecule has 0 aromatic rings. The second kappa shape index (κ2) is 6.67. The number of fused-ring (bicyclic) bond motifs is 1. The van der Waals surface area contributed by atoms with E-state index in [1.807, 2.05) is 0 Å². The molecule has 4 nitrogen and oxygen atoms in total. The molecule has 4 rings (SSSR count). The van der Waals surface area contributed by atoms with Crippen molar-refractivity contribution in [1.82, 2.24) is 10.6 Å². The minimum Gasteiger partial charge on any atom is -0.393 e. The number of nitrogens with one attached hydrogen (secondary N) is 2. The van der Waals surface area contributed by atoms with E-state index in [4.69, 9.17) is 4.74 Å². The van der Waals surface area contributed by atoms with Crippen LogP contribution in [0.1, 0.15) is 32.1 Å². The fourth-order valence-corrected chi connectivity index (χ4v) is 6.13. The van der Waals surface area contributed by atoms with Crippen LogP contribution < -0.4 is 10.6 Å². The highest BCUT2D eigenvalue weighted by Crippen LogP contribution is 2.43. The van der Waals surface area contributed by atoms with E-state index in [1.54, 1.807) is 0 Å². The summed E-state index contributed by atoms with van der Waals surface area (Å²) in [4.78, 5) is 0.597. The zero-order valence-electron chi connectivity index (χ0n) is 13.2. The number of hydrogen-bond acceptors (Lipinski definition) is 4. The lowest BCUT2D eigenvalue weighted by atomic mass is 9.69. The first-order valence-electron chi connectivity index (χ1n) is 9.09. The topological polar surface area (TPSA) is 53.5 Å². The van der Waals surface area contributed by atoms with Gasteiger partial charge in [0.15, 0.2) is 0 Å². The van der Waals surface area contributed by atoms with Crippen LogP contribution in [-0.4, -0.2) is 48.5 Å². The number of aliphatic hydroxyl groups is 1. The van der Waals surface area contributed by atoms with Gasteiger partial charge in [-0.15, -0.1) is 0 Å². The van der Waals surface area contributed by atoms with Gasteiger partial charge in [-0.2, -0.15) is 0 Å². The van der Waals surface area contributed by atoms with Gasteiger partial charge < -0.3 is 20.5 Å². The summed E-state index contributed by atoms with van der Waals surface area (Å²) in [7, 11) is 0. The third-order valence-electron chi connectivity index (χ3n) is 6.70. The van der Waals surface area contributed by atoms with E-state index in [-0.39, 0.29) is 6.10 Å². The number of rotatable bonds is 2. The van der Waals surface area contributed by atoms with Gasteiger partial charge >= 0.3 is 0 Å². The van der Waals surface area contributed by atoms with Crippen LogP contribution in [0.2, 0.25) is 0 Å². The molecule has 0 bridgehead atoms. The molecule has 1 aliphatic carbocycles. The van der Waals surface area contributed by atoms with Crippen molar-refractivity contribution in [3.8, 4) is 0 Å². The lowest BCUT2D eigenvalue weighted by Crippen LogP contribution is -2.52. The highest BCUT2D eigenvalue weighted by Gasteiger charge is 2.46. The molecule has 4 aliphatic rings. The number of halogens is 1. The van der Waals surface area contributed by atoms with Crippen LogP contribution in [0.3, 0.4) is 0 Å². The molecule has 3 heterocycles. The molecule has 1 saturated carbocycles. The minimum atomic E-state index is -0.0974. The lowest BCUT2D eigenvalue weighted by Gasteiger charge is -2.43. The Hall–Kier alpha value is 0.320. The Morgan fingerprint density at radius 2 is 1.77 bits per heavy atom.